The molecule has 1 aliphatic heterocycles. The van der Waals surface area contributed by atoms with Crippen LogP contribution in [0.3, 0.4) is 0 Å². The molecule has 7 nitrogen and oxygen atoms in total. The van der Waals surface area contributed by atoms with Gasteiger partial charge in [-0.3, -0.25) is 4.79 Å². The Bertz CT molecular complexity index is 626. The first-order chi connectivity index (χ1) is 12.3. The number of carbonyl (C=O) groups is 1. The Kier molecular flexibility index (Phi) is 9.82. The summed E-state index contributed by atoms with van der Waals surface area (Å²) in [5.74, 6) is 1.76. The highest BCUT2D eigenvalue weighted by molar-refractivity contribution is 14.0. The van der Waals surface area contributed by atoms with Gasteiger partial charge in [0.2, 0.25) is 5.91 Å². The summed E-state index contributed by atoms with van der Waals surface area (Å²) in [5.41, 5.74) is 1.05. The largest absolute Gasteiger partial charge is 0.356 e. The molecular weight excluding hydrogens is 455 g/mol. The standard InChI is InChI=1S/C19H32N6O.HI/c1-14(2)21-19(20-13-18(26)24(4)5)23-16-9-11-25(12-10-16)17-8-6-7-15(3)22-17;/h6-8,14,16H,9-13H2,1-5H3,(H2,20,21,23);1H. The van der Waals surface area contributed by atoms with Gasteiger partial charge < -0.3 is 20.4 Å². The van der Waals surface area contributed by atoms with Crippen LogP contribution in [0.4, 0.5) is 5.82 Å². The van der Waals surface area contributed by atoms with Gasteiger partial charge in [0, 0.05) is 45.0 Å². The van der Waals surface area contributed by atoms with Crippen molar-refractivity contribution in [2.45, 2.75) is 45.7 Å². The number of carbonyl (C=O) groups excluding carboxylic acids is 1. The third-order valence-corrected chi connectivity index (χ3v) is 4.33. The van der Waals surface area contributed by atoms with Crippen LogP contribution in [0.25, 0.3) is 0 Å². The first-order valence-electron chi connectivity index (χ1n) is 9.31. The zero-order chi connectivity index (χ0) is 19.1. The molecule has 0 saturated carbocycles. The molecule has 1 fully saturated rings. The van der Waals surface area contributed by atoms with E-state index in [1.807, 2.05) is 13.0 Å². The lowest BCUT2D eigenvalue weighted by atomic mass is 10.1. The minimum atomic E-state index is -0.00445. The average molecular weight is 488 g/mol. The summed E-state index contributed by atoms with van der Waals surface area (Å²) in [6.45, 7) is 8.22. The molecule has 0 spiro atoms. The number of hydrogen-bond donors (Lipinski definition) is 2. The molecule has 0 radical (unpaired) electrons. The Balaban J connectivity index is 0.00000364. The minimum Gasteiger partial charge on any atom is -0.356 e. The van der Waals surface area contributed by atoms with Gasteiger partial charge >= 0.3 is 0 Å². The van der Waals surface area contributed by atoms with Crippen molar-refractivity contribution in [2.75, 3.05) is 38.6 Å². The molecule has 1 saturated heterocycles. The van der Waals surface area contributed by atoms with Crippen LogP contribution >= 0.6 is 24.0 Å². The quantitative estimate of drug-likeness (QED) is 0.377. The average Bonchev–Trinajstić information content (AvgIpc) is 2.59. The third-order valence-electron chi connectivity index (χ3n) is 4.33. The van der Waals surface area contributed by atoms with E-state index in [1.165, 1.54) is 0 Å². The number of guanidine groups is 1. The second-order valence-corrected chi connectivity index (χ2v) is 7.29. The molecule has 1 amide bonds. The normalized spacial score (nSPS) is 15.3. The van der Waals surface area contributed by atoms with Crippen molar-refractivity contribution in [3.8, 4) is 0 Å². The number of halogens is 1. The Hall–Kier alpha value is -1.58. The lowest BCUT2D eigenvalue weighted by Crippen LogP contribution is -2.50. The van der Waals surface area contributed by atoms with Crippen molar-refractivity contribution in [2.24, 2.45) is 4.99 Å². The molecule has 8 heteroatoms. The Morgan fingerprint density at radius 2 is 2.00 bits per heavy atom. The van der Waals surface area contributed by atoms with Crippen LogP contribution in [-0.4, -0.2) is 67.6 Å². The predicted molar refractivity (Wildman–Crippen MR) is 122 cm³/mol. The number of hydrogen-bond acceptors (Lipinski definition) is 4. The molecule has 2 N–H and O–H groups in total. The maximum atomic E-state index is 11.8. The van der Waals surface area contributed by atoms with E-state index in [-0.39, 0.29) is 42.5 Å². The highest BCUT2D eigenvalue weighted by atomic mass is 127. The highest BCUT2D eigenvalue weighted by Gasteiger charge is 2.21. The number of nitrogens with one attached hydrogen (secondary N) is 2. The fourth-order valence-electron chi connectivity index (χ4n) is 2.85. The number of aliphatic imine (C=N–C) groups is 1. The molecule has 0 atom stereocenters. The number of pyridine rings is 1. The number of nitrogens with zero attached hydrogens (tertiary/aromatic N) is 4. The molecule has 2 heterocycles. The van der Waals surface area contributed by atoms with E-state index in [9.17, 15) is 4.79 Å². The van der Waals surface area contributed by atoms with E-state index in [0.29, 0.717) is 12.0 Å². The molecule has 0 unspecified atom stereocenters. The summed E-state index contributed by atoms with van der Waals surface area (Å²) in [6.07, 6.45) is 2.02. The molecule has 152 valence electrons. The lowest BCUT2D eigenvalue weighted by molar-refractivity contribution is -0.127. The Morgan fingerprint density at radius 3 is 2.56 bits per heavy atom. The molecule has 0 bridgehead atoms. The van der Waals surface area contributed by atoms with E-state index in [1.54, 1.807) is 19.0 Å². The van der Waals surface area contributed by atoms with Crippen LogP contribution in [-0.2, 0) is 4.79 Å². The fourth-order valence-corrected chi connectivity index (χ4v) is 2.85. The maximum Gasteiger partial charge on any atom is 0.243 e. The summed E-state index contributed by atoms with van der Waals surface area (Å²) >= 11 is 0. The summed E-state index contributed by atoms with van der Waals surface area (Å²) < 4.78 is 0. The van der Waals surface area contributed by atoms with Gasteiger partial charge in [0.1, 0.15) is 12.4 Å². The van der Waals surface area contributed by atoms with Gasteiger partial charge in [-0.05, 0) is 45.7 Å². The number of rotatable bonds is 5. The van der Waals surface area contributed by atoms with Gasteiger partial charge in [0.25, 0.3) is 0 Å². The summed E-state index contributed by atoms with van der Waals surface area (Å²) in [7, 11) is 3.49. The van der Waals surface area contributed by atoms with Gasteiger partial charge in [0.15, 0.2) is 5.96 Å². The smallest absolute Gasteiger partial charge is 0.243 e. The van der Waals surface area contributed by atoms with Crippen LogP contribution in [0, 0.1) is 6.92 Å². The van der Waals surface area contributed by atoms with Gasteiger partial charge in [-0.2, -0.15) is 0 Å². The monoisotopic (exact) mass is 488 g/mol. The molecular formula is C19H33IN6O. The second kappa shape index (κ2) is 11.3. The topological polar surface area (TPSA) is 72.9 Å². The summed E-state index contributed by atoms with van der Waals surface area (Å²) in [6, 6.07) is 6.75. The van der Waals surface area contributed by atoms with Crippen LogP contribution < -0.4 is 15.5 Å². The number of piperidine rings is 1. The lowest BCUT2D eigenvalue weighted by Gasteiger charge is -2.34. The van der Waals surface area contributed by atoms with E-state index in [0.717, 1.165) is 37.4 Å². The van der Waals surface area contributed by atoms with Crippen LogP contribution in [0.15, 0.2) is 23.2 Å². The van der Waals surface area contributed by atoms with Crippen molar-refractivity contribution in [1.29, 1.82) is 0 Å². The first kappa shape index (κ1) is 23.5. The van der Waals surface area contributed by atoms with Crippen LogP contribution in [0.1, 0.15) is 32.4 Å². The fraction of sp³-hybridized carbons (Fsp3) is 0.632. The predicted octanol–water partition coefficient (Wildman–Crippen LogP) is 2.01. The minimum absolute atomic E-state index is 0. The zero-order valence-electron chi connectivity index (χ0n) is 17.0. The SMILES string of the molecule is Cc1cccc(N2CCC(NC(=NCC(=O)N(C)C)NC(C)C)CC2)n1.I. The van der Waals surface area contributed by atoms with Gasteiger partial charge in [0.05, 0.1) is 0 Å². The number of anilines is 1. The van der Waals surface area contributed by atoms with Gasteiger partial charge in [-0.1, -0.05) is 6.07 Å². The van der Waals surface area contributed by atoms with E-state index < -0.39 is 0 Å². The number of likely N-dealkylation sites (N-methyl/N-ethyl adjacent to an activating group) is 1. The molecule has 27 heavy (non-hydrogen) atoms. The van der Waals surface area contributed by atoms with Crippen LogP contribution in [0.5, 0.6) is 0 Å². The molecule has 0 aromatic carbocycles. The summed E-state index contributed by atoms with van der Waals surface area (Å²) in [5, 5.41) is 6.80. The van der Waals surface area contributed by atoms with Crippen molar-refractivity contribution in [1.82, 2.24) is 20.5 Å². The van der Waals surface area contributed by atoms with Gasteiger partial charge in [-0.15, -0.1) is 24.0 Å². The molecule has 1 aromatic rings. The molecule has 0 aliphatic carbocycles. The number of amides is 1. The van der Waals surface area contributed by atoms with Gasteiger partial charge in [-0.25, -0.2) is 9.98 Å². The van der Waals surface area contributed by atoms with Crippen molar-refractivity contribution in [3.63, 3.8) is 0 Å². The van der Waals surface area contributed by atoms with E-state index >= 15 is 0 Å². The van der Waals surface area contributed by atoms with Crippen molar-refractivity contribution in [3.05, 3.63) is 23.9 Å². The third kappa shape index (κ3) is 7.90. The highest BCUT2D eigenvalue weighted by Crippen LogP contribution is 2.18. The second-order valence-electron chi connectivity index (χ2n) is 7.29. The number of aromatic nitrogens is 1. The van der Waals surface area contributed by atoms with E-state index in [4.69, 9.17) is 0 Å². The Labute approximate surface area is 180 Å². The van der Waals surface area contributed by atoms with Crippen LogP contribution in [0.2, 0.25) is 0 Å². The van der Waals surface area contributed by atoms with E-state index in [2.05, 4.69) is 51.5 Å². The number of aryl methyl sites for hydroxylation is 1. The molecule has 2 rings (SSSR count). The molecule has 1 aromatic heterocycles. The zero-order valence-corrected chi connectivity index (χ0v) is 19.4. The molecule has 1 aliphatic rings. The Morgan fingerprint density at radius 1 is 1.33 bits per heavy atom. The van der Waals surface area contributed by atoms with Crippen molar-refractivity contribution < 1.29 is 4.79 Å². The summed E-state index contributed by atoms with van der Waals surface area (Å²) in [4.78, 5) is 24.7. The first-order valence-corrected chi connectivity index (χ1v) is 9.31. The maximum absolute atomic E-state index is 11.8. The van der Waals surface area contributed by atoms with Crippen molar-refractivity contribution >= 4 is 41.7 Å².